The predicted molar refractivity (Wildman–Crippen MR) is 124 cm³/mol. The topological polar surface area (TPSA) is 79.0 Å². The number of rotatable bonds is 8. The van der Waals surface area contributed by atoms with Crippen molar-refractivity contribution in [2.75, 3.05) is 18.6 Å². The molecule has 2 aromatic carbocycles. The maximum absolute atomic E-state index is 13.4. The van der Waals surface area contributed by atoms with E-state index >= 15 is 0 Å². The van der Waals surface area contributed by atoms with Gasteiger partial charge in [-0.2, -0.15) is 0 Å². The highest BCUT2D eigenvalue weighted by Gasteiger charge is 2.41. The molecule has 2 aromatic rings. The number of amides is 3. The fourth-order valence-electron chi connectivity index (χ4n) is 4.35. The van der Waals surface area contributed by atoms with Crippen molar-refractivity contribution in [3.8, 4) is 5.75 Å². The van der Waals surface area contributed by atoms with Crippen LogP contribution in [0.15, 0.2) is 48.5 Å². The largest absolute Gasteiger partial charge is 0.497 e. The van der Waals surface area contributed by atoms with Gasteiger partial charge in [-0.15, -0.1) is 0 Å². The van der Waals surface area contributed by atoms with E-state index in [-0.39, 0.29) is 36.1 Å². The molecule has 2 aliphatic carbocycles. The summed E-state index contributed by atoms with van der Waals surface area (Å²) in [7, 11) is 1.60. The monoisotopic (exact) mass is 447 g/mol. The van der Waals surface area contributed by atoms with Gasteiger partial charge in [-0.25, -0.2) is 0 Å². The van der Waals surface area contributed by atoms with E-state index in [9.17, 15) is 14.4 Å². The lowest BCUT2D eigenvalue weighted by molar-refractivity contribution is -0.137. The van der Waals surface area contributed by atoms with E-state index in [2.05, 4.69) is 5.32 Å². The van der Waals surface area contributed by atoms with Crippen molar-refractivity contribution in [3.63, 3.8) is 0 Å². The van der Waals surface area contributed by atoms with E-state index in [0.29, 0.717) is 24.7 Å². The Morgan fingerprint density at radius 1 is 1.03 bits per heavy atom. The molecule has 0 bridgehead atoms. The van der Waals surface area contributed by atoms with Crippen molar-refractivity contribution in [2.45, 2.75) is 50.7 Å². The van der Waals surface area contributed by atoms with Crippen LogP contribution in [0.2, 0.25) is 0 Å². The minimum atomic E-state index is -0.344. The van der Waals surface area contributed by atoms with Gasteiger partial charge in [0.05, 0.1) is 13.0 Å². The minimum absolute atomic E-state index is 0.0275. The zero-order chi connectivity index (χ0) is 22.9. The number of carbonyl (C=O) groups is 3. The van der Waals surface area contributed by atoms with Crippen molar-refractivity contribution in [2.24, 2.45) is 5.92 Å². The molecule has 0 aromatic heterocycles. The molecule has 7 nitrogen and oxygen atoms in total. The second kappa shape index (κ2) is 8.89. The normalized spacial score (nSPS) is 20.0. The summed E-state index contributed by atoms with van der Waals surface area (Å²) < 4.78 is 5.19. The van der Waals surface area contributed by atoms with Gasteiger partial charge >= 0.3 is 0 Å². The molecule has 1 unspecified atom stereocenters. The van der Waals surface area contributed by atoms with Crippen LogP contribution >= 0.6 is 0 Å². The molecule has 5 rings (SSSR count). The van der Waals surface area contributed by atoms with Crippen molar-refractivity contribution in [1.29, 1.82) is 0 Å². The Morgan fingerprint density at radius 2 is 1.73 bits per heavy atom. The van der Waals surface area contributed by atoms with E-state index in [1.807, 2.05) is 53.4 Å². The fourth-order valence-corrected chi connectivity index (χ4v) is 4.35. The summed E-state index contributed by atoms with van der Waals surface area (Å²) in [6, 6.07) is 15.4. The van der Waals surface area contributed by atoms with E-state index in [1.165, 1.54) is 0 Å². The molecule has 0 spiro atoms. The SMILES string of the molecule is COc1ccc(N2CC(C(=O)N(Cc3ccc(C(=O)NC4CC4)cc3)C3CC3)CC2=O)cc1. The minimum Gasteiger partial charge on any atom is -0.497 e. The molecule has 172 valence electrons. The number of hydrogen-bond donors (Lipinski definition) is 1. The molecule has 1 saturated heterocycles. The van der Waals surface area contributed by atoms with Crippen LogP contribution in [-0.4, -0.2) is 48.4 Å². The van der Waals surface area contributed by atoms with Gasteiger partial charge in [0.2, 0.25) is 11.8 Å². The van der Waals surface area contributed by atoms with Crippen LogP contribution in [0.25, 0.3) is 0 Å². The molecule has 33 heavy (non-hydrogen) atoms. The molecule has 1 atom stereocenters. The number of benzene rings is 2. The molecule has 3 fully saturated rings. The van der Waals surface area contributed by atoms with Crippen LogP contribution < -0.4 is 15.0 Å². The highest BCUT2D eigenvalue weighted by molar-refractivity contribution is 6.00. The Balaban J connectivity index is 1.24. The van der Waals surface area contributed by atoms with Crippen LogP contribution in [0.3, 0.4) is 0 Å². The number of hydrogen-bond acceptors (Lipinski definition) is 4. The smallest absolute Gasteiger partial charge is 0.251 e. The Morgan fingerprint density at radius 3 is 2.33 bits per heavy atom. The lowest BCUT2D eigenvalue weighted by Crippen LogP contribution is -2.38. The molecular formula is C26H29N3O4. The zero-order valence-electron chi connectivity index (χ0n) is 18.8. The van der Waals surface area contributed by atoms with Crippen molar-refractivity contribution < 1.29 is 19.1 Å². The Hall–Kier alpha value is -3.35. The van der Waals surface area contributed by atoms with Gasteiger partial charge in [0.1, 0.15) is 5.75 Å². The van der Waals surface area contributed by atoms with Crippen LogP contribution in [0.5, 0.6) is 5.75 Å². The molecule has 7 heteroatoms. The van der Waals surface area contributed by atoms with Gasteiger partial charge in [0.15, 0.2) is 0 Å². The number of nitrogens with one attached hydrogen (secondary N) is 1. The molecule has 1 heterocycles. The van der Waals surface area contributed by atoms with E-state index in [4.69, 9.17) is 4.74 Å². The quantitative estimate of drug-likeness (QED) is 0.674. The maximum atomic E-state index is 13.4. The van der Waals surface area contributed by atoms with Crippen LogP contribution in [0.4, 0.5) is 5.69 Å². The lowest BCUT2D eigenvalue weighted by atomic mass is 10.1. The summed E-state index contributed by atoms with van der Waals surface area (Å²) >= 11 is 0. The summed E-state index contributed by atoms with van der Waals surface area (Å²) in [6.45, 7) is 0.898. The number of carbonyl (C=O) groups excluding carboxylic acids is 3. The Kier molecular flexibility index (Phi) is 5.79. The summed E-state index contributed by atoms with van der Waals surface area (Å²) in [5.41, 5.74) is 2.43. The molecule has 3 amide bonds. The molecule has 3 aliphatic rings. The highest BCUT2D eigenvalue weighted by atomic mass is 16.5. The van der Waals surface area contributed by atoms with Gasteiger partial charge in [-0.1, -0.05) is 12.1 Å². The first-order chi connectivity index (χ1) is 16.0. The first kappa shape index (κ1) is 21.5. The number of anilines is 1. The zero-order valence-corrected chi connectivity index (χ0v) is 18.8. The van der Waals surface area contributed by atoms with Gasteiger partial charge in [0.25, 0.3) is 5.91 Å². The van der Waals surface area contributed by atoms with Gasteiger partial charge in [0, 0.05) is 42.8 Å². The number of ether oxygens (including phenoxy) is 1. The summed E-state index contributed by atoms with van der Waals surface area (Å²) in [4.78, 5) is 41.9. The maximum Gasteiger partial charge on any atom is 0.251 e. The summed E-state index contributed by atoms with van der Waals surface area (Å²) in [5.74, 6) is 0.359. The Bertz CT molecular complexity index is 1040. The van der Waals surface area contributed by atoms with Gasteiger partial charge in [-0.3, -0.25) is 14.4 Å². The average Bonchev–Trinajstić information content (AvgIpc) is 3.77. The summed E-state index contributed by atoms with van der Waals surface area (Å²) in [5, 5.41) is 3.00. The molecule has 0 radical (unpaired) electrons. The van der Waals surface area contributed by atoms with Crippen molar-refractivity contribution in [3.05, 3.63) is 59.7 Å². The molecule has 1 aliphatic heterocycles. The standard InChI is InChI=1S/C26H29N3O4/c1-33-23-12-10-21(11-13-23)28-16-19(14-24(28)30)26(32)29(22-8-9-22)15-17-2-4-18(5-3-17)25(31)27-20-6-7-20/h2-5,10-13,19-20,22H,6-9,14-16H2,1H3,(H,27,31). The van der Waals surface area contributed by atoms with Crippen LogP contribution in [0, 0.1) is 5.92 Å². The summed E-state index contributed by atoms with van der Waals surface area (Å²) in [6.07, 6.45) is 4.34. The van der Waals surface area contributed by atoms with Crippen LogP contribution in [-0.2, 0) is 16.1 Å². The van der Waals surface area contributed by atoms with Crippen LogP contribution in [0.1, 0.15) is 48.0 Å². The Labute approximate surface area is 193 Å². The lowest BCUT2D eigenvalue weighted by Gasteiger charge is -2.26. The van der Waals surface area contributed by atoms with E-state index < -0.39 is 0 Å². The molecule has 2 saturated carbocycles. The van der Waals surface area contributed by atoms with E-state index in [1.54, 1.807) is 12.0 Å². The van der Waals surface area contributed by atoms with Gasteiger partial charge < -0.3 is 19.9 Å². The highest BCUT2D eigenvalue weighted by Crippen LogP contribution is 2.33. The number of methoxy groups -OCH3 is 1. The van der Waals surface area contributed by atoms with Gasteiger partial charge in [-0.05, 0) is 67.6 Å². The van der Waals surface area contributed by atoms with Crippen molar-refractivity contribution in [1.82, 2.24) is 10.2 Å². The fraction of sp³-hybridized carbons (Fsp3) is 0.423. The second-order valence-electron chi connectivity index (χ2n) is 9.25. The predicted octanol–water partition coefficient (Wildman–Crippen LogP) is 3.13. The number of nitrogens with zero attached hydrogens (tertiary/aromatic N) is 2. The second-order valence-corrected chi connectivity index (χ2v) is 9.25. The molecule has 1 N–H and O–H groups in total. The first-order valence-electron chi connectivity index (χ1n) is 11.7. The third-order valence-corrected chi connectivity index (χ3v) is 6.61. The third-order valence-electron chi connectivity index (χ3n) is 6.61. The molecular weight excluding hydrogens is 418 g/mol. The van der Waals surface area contributed by atoms with Crippen molar-refractivity contribution >= 4 is 23.4 Å². The first-order valence-corrected chi connectivity index (χ1v) is 11.7. The third kappa shape index (κ3) is 4.87. The van der Waals surface area contributed by atoms with E-state index in [0.717, 1.165) is 42.7 Å². The average molecular weight is 448 g/mol.